The van der Waals surface area contributed by atoms with Crippen LogP contribution in [0.5, 0.6) is 0 Å². The Bertz CT molecular complexity index is 742. The van der Waals surface area contributed by atoms with Gasteiger partial charge in [-0.3, -0.25) is 4.79 Å². The Labute approximate surface area is 139 Å². The van der Waals surface area contributed by atoms with Gasteiger partial charge in [-0.2, -0.15) is 10.2 Å². The minimum Gasteiger partial charge on any atom is -0.464 e. The first-order valence-electron chi connectivity index (χ1n) is 7.72. The summed E-state index contributed by atoms with van der Waals surface area (Å²) in [6, 6.07) is 16.2. The Hall–Kier alpha value is -3.02. The summed E-state index contributed by atoms with van der Waals surface area (Å²) in [4.78, 5) is 23.3. The molecule has 2 aromatic carbocycles. The Morgan fingerprint density at radius 3 is 2.33 bits per heavy atom. The molecule has 0 spiro atoms. The number of nitrogens with one attached hydrogen (secondary N) is 1. The van der Waals surface area contributed by atoms with Gasteiger partial charge < -0.3 is 10.1 Å². The summed E-state index contributed by atoms with van der Waals surface area (Å²) in [6.07, 6.45) is 0.739. The fraction of sp³-hybridized carbons (Fsp3) is 0.222. The predicted octanol–water partition coefficient (Wildman–Crippen LogP) is 3.08. The zero-order chi connectivity index (χ0) is 16.8. The highest BCUT2D eigenvalue weighted by molar-refractivity contribution is 5.86. The van der Waals surface area contributed by atoms with Crippen LogP contribution in [0.2, 0.25) is 0 Å². The Morgan fingerprint density at radius 1 is 1.04 bits per heavy atom. The average Bonchev–Trinajstić information content (AvgIpc) is 3.00. The molecule has 2 aromatic rings. The van der Waals surface area contributed by atoms with Gasteiger partial charge in [0.2, 0.25) is 5.91 Å². The third-order valence-corrected chi connectivity index (χ3v) is 3.61. The van der Waals surface area contributed by atoms with Gasteiger partial charge in [0.05, 0.1) is 24.4 Å². The minimum absolute atomic E-state index is 0.197. The second kappa shape index (κ2) is 7.50. The van der Waals surface area contributed by atoms with Gasteiger partial charge in [0.1, 0.15) is 6.04 Å². The summed E-state index contributed by atoms with van der Waals surface area (Å²) in [5.74, 6) is -0.558. The first-order valence-corrected chi connectivity index (χ1v) is 7.72. The normalized spacial score (nSPS) is 17.0. The summed E-state index contributed by atoms with van der Waals surface area (Å²) < 4.78 is 4.82. The van der Waals surface area contributed by atoms with Crippen molar-refractivity contribution in [2.24, 2.45) is 10.2 Å². The number of nitrogens with zero attached hydrogens (tertiary/aromatic N) is 2. The van der Waals surface area contributed by atoms with Gasteiger partial charge in [-0.25, -0.2) is 4.79 Å². The number of cyclic esters (lactones) is 1. The van der Waals surface area contributed by atoms with E-state index < -0.39 is 6.04 Å². The van der Waals surface area contributed by atoms with Crippen molar-refractivity contribution in [1.29, 1.82) is 0 Å². The molecular weight excluding hydrogens is 306 g/mol. The van der Waals surface area contributed by atoms with Crippen LogP contribution < -0.4 is 5.32 Å². The Morgan fingerprint density at radius 2 is 1.71 bits per heavy atom. The lowest BCUT2D eigenvalue weighted by Gasteiger charge is -2.08. The number of carbonyl (C=O) groups is 2. The van der Waals surface area contributed by atoms with E-state index in [9.17, 15) is 9.59 Å². The van der Waals surface area contributed by atoms with Crippen molar-refractivity contribution in [2.75, 3.05) is 6.61 Å². The molecule has 1 aliphatic heterocycles. The molecule has 1 N–H and O–H groups in total. The molecule has 0 aromatic heterocycles. The van der Waals surface area contributed by atoms with E-state index in [1.807, 2.05) is 42.5 Å². The standard InChI is InChI=1S/C18H17N3O3/c22-17(19-16-10-11-24-18(16)23)12-13-6-8-15(9-7-13)21-20-14-4-2-1-3-5-14/h1-9,16H,10-12H2,(H,19,22)/b21-20+. The molecule has 0 saturated carbocycles. The second-order valence-corrected chi connectivity index (χ2v) is 5.46. The molecular formula is C18H17N3O3. The number of carbonyl (C=O) groups excluding carboxylic acids is 2. The highest BCUT2D eigenvalue weighted by Crippen LogP contribution is 2.18. The van der Waals surface area contributed by atoms with Gasteiger partial charge in [0.15, 0.2) is 0 Å². The number of azo groups is 1. The predicted molar refractivity (Wildman–Crippen MR) is 88.3 cm³/mol. The number of esters is 1. The van der Waals surface area contributed by atoms with Crippen LogP contribution in [0.3, 0.4) is 0 Å². The number of rotatable bonds is 5. The zero-order valence-electron chi connectivity index (χ0n) is 13.0. The third-order valence-electron chi connectivity index (χ3n) is 3.61. The number of hydrogen-bond donors (Lipinski definition) is 1. The molecule has 6 nitrogen and oxygen atoms in total. The van der Waals surface area contributed by atoms with Crippen molar-refractivity contribution in [3.05, 3.63) is 60.2 Å². The van der Waals surface area contributed by atoms with Crippen molar-refractivity contribution in [2.45, 2.75) is 18.9 Å². The highest BCUT2D eigenvalue weighted by Gasteiger charge is 2.27. The molecule has 24 heavy (non-hydrogen) atoms. The molecule has 1 saturated heterocycles. The van der Waals surface area contributed by atoms with Crippen LogP contribution >= 0.6 is 0 Å². The molecule has 0 radical (unpaired) electrons. The first kappa shape index (κ1) is 15.9. The quantitative estimate of drug-likeness (QED) is 0.678. The largest absolute Gasteiger partial charge is 0.464 e. The monoisotopic (exact) mass is 323 g/mol. The van der Waals surface area contributed by atoms with Crippen LogP contribution in [0, 0.1) is 0 Å². The van der Waals surface area contributed by atoms with Gasteiger partial charge in [0.25, 0.3) is 0 Å². The lowest BCUT2D eigenvalue weighted by Crippen LogP contribution is -2.38. The summed E-state index contributed by atoms with van der Waals surface area (Å²) in [5.41, 5.74) is 2.34. The molecule has 1 unspecified atom stereocenters. The molecule has 1 amide bonds. The van der Waals surface area contributed by atoms with Gasteiger partial charge in [0, 0.05) is 6.42 Å². The SMILES string of the molecule is O=C(Cc1ccc(/N=N/c2ccccc2)cc1)NC1CCOC1=O. The maximum Gasteiger partial charge on any atom is 0.328 e. The van der Waals surface area contributed by atoms with E-state index in [-0.39, 0.29) is 18.3 Å². The van der Waals surface area contributed by atoms with Crippen molar-refractivity contribution in [3.63, 3.8) is 0 Å². The molecule has 122 valence electrons. The van der Waals surface area contributed by atoms with Crippen LogP contribution in [0.4, 0.5) is 11.4 Å². The molecule has 3 rings (SSSR count). The molecule has 6 heteroatoms. The average molecular weight is 323 g/mol. The fourth-order valence-corrected chi connectivity index (χ4v) is 2.35. The van der Waals surface area contributed by atoms with Crippen LogP contribution in [-0.2, 0) is 20.7 Å². The number of benzene rings is 2. The van der Waals surface area contributed by atoms with Crippen LogP contribution in [0.1, 0.15) is 12.0 Å². The van der Waals surface area contributed by atoms with Crippen molar-refractivity contribution >= 4 is 23.3 Å². The first-order chi connectivity index (χ1) is 11.7. The molecule has 1 heterocycles. The topological polar surface area (TPSA) is 80.1 Å². The lowest BCUT2D eigenvalue weighted by molar-refractivity contribution is -0.141. The second-order valence-electron chi connectivity index (χ2n) is 5.46. The zero-order valence-corrected chi connectivity index (χ0v) is 13.0. The summed E-state index contributed by atoms with van der Waals surface area (Å²) in [5, 5.41) is 11.0. The van der Waals surface area contributed by atoms with Crippen LogP contribution in [-0.4, -0.2) is 24.5 Å². The maximum atomic E-state index is 11.9. The lowest BCUT2D eigenvalue weighted by atomic mass is 10.1. The van der Waals surface area contributed by atoms with Crippen molar-refractivity contribution < 1.29 is 14.3 Å². The molecule has 0 bridgehead atoms. The van der Waals surface area contributed by atoms with E-state index in [1.54, 1.807) is 12.1 Å². The van der Waals surface area contributed by atoms with E-state index >= 15 is 0 Å². The van der Waals surface area contributed by atoms with E-state index in [0.29, 0.717) is 18.7 Å². The van der Waals surface area contributed by atoms with E-state index in [0.717, 1.165) is 11.3 Å². The Balaban J connectivity index is 1.55. The van der Waals surface area contributed by atoms with Gasteiger partial charge >= 0.3 is 5.97 Å². The number of ether oxygens (including phenoxy) is 1. The molecule has 1 aliphatic rings. The number of hydrogen-bond acceptors (Lipinski definition) is 5. The van der Waals surface area contributed by atoms with Crippen molar-refractivity contribution in [3.8, 4) is 0 Å². The molecule has 1 fully saturated rings. The summed E-state index contributed by atoms with van der Waals surface area (Å²) in [6.45, 7) is 0.366. The number of amides is 1. The molecule has 0 aliphatic carbocycles. The molecule has 1 atom stereocenters. The smallest absolute Gasteiger partial charge is 0.328 e. The van der Waals surface area contributed by atoms with Gasteiger partial charge in [-0.1, -0.05) is 30.3 Å². The van der Waals surface area contributed by atoms with Crippen molar-refractivity contribution in [1.82, 2.24) is 5.32 Å². The van der Waals surface area contributed by atoms with E-state index in [2.05, 4.69) is 15.5 Å². The highest BCUT2D eigenvalue weighted by atomic mass is 16.5. The summed E-state index contributed by atoms with van der Waals surface area (Å²) in [7, 11) is 0. The van der Waals surface area contributed by atoms with E-state index in [4.69, 9.17) is 4.74 Å². The van der Waals surface area contributed by atoms with Crippen LogP contribution in [0.15, 0.2) is 64.8 Å². The van der Waals surface area contributed by atoms with E-state index in [1.165, 1.54) is 0 Å². The fourth-order valence-electron chi connectivity index (χ4n) is 2.35. The minimum atomic E-state index is -0.517. The van der Waals surface area contributed by atoms with Gasteiger partial charge in [-0.05, 0) is 29.8 Å². The Kier molecular flexibility index (Phi) is 4.96. The third kappa shape index (κ3) is 4.25. The van der Waals surface area contributed by atoms with Gasteiger partial charge in [-0.15, -0.1) is 0 Å². The van der Waals surface area contributed by atoms with Crippen LogP contribution in [0.25, 0.3) is 0 Å². The maximum absolute atomic E-state index is 11.9. The summed E-state index contributed by atoms with van der Waals surface area (Å²) >= 11 is 0.